The number of hydrogen-bond acceptors (Lipinski definition) is 4. The maximum Gasteiger partial charge on any atom is 0.271 e. The highest BCUT2D eigenvalue weighted by Crippen LogP contribution is 2.19. The van der Waals surface area contributed by atoms with Gasteiger partial charge >= 0.3 is 0 Å². The first-order valence-electron chi connectivity index (χ1n) is 7.07. The van der Waals surface area contributed by atoms with Crippen LogP contribution in [0.2, 0.25) is 5.02 Å². The number of aromatic amines is 1. The zero-order valence-electron chi connectivity index (χ0n) is 12.5. The number of hydrogen-bond donors (Lipinski definition) is 1. The van der Waals surface area contributed by atoms with Gasteiger partial charge in [0, 0.05) is 23.7 Å². The second-order valence-electron chi connectivity index (χ2n) is 5.44. The van der Waals surface area contributed by atoms with E-state index < -0.39 is 4.92 Å². The van der Waals surface area contributed by atoms with Gasteiger partial charge in [0.15, 0.2) is 0 Å². The van der Waals surface area contributed by atoms with Crippen LogP contribution in [-0.2, 0) is 13.1 Å². The molecule has 0 fully saturated rings. The number of nitro benzene ring substituents is 1. The zero-order valence-corrected chi connectivity index (χ0v) is 13.2. The van der Waals surface area contributed by atoms with Gasteiger partial charge < -0.3 is 4.98 Å². The van der Waals surface area contributed by atoms with E-state index in [9.17, 15) is 10.1 Å². The van der Waals surface area contributed by atoms with Crippen LogP contribution in [0.5, 0.6) is 0 Å². The molecule has 7 heteroatoms. The fraction of sp³-hybridized carbons (Fsp3) is 0.188. The first kappa shape index (κ1) is 15.5. The van der Waals surface area contributed by atoms with Crippen LogP contribution in [-0.4, -0.2) is 26.8 Å². The van der Waals surface area contributed by atoms with E-state index in [2.05, 4.69) is 14.9 Å². The van der Waals surface area contributed by atoms with Crippen molar-refractivity contribution in [3.63, 3.8) is 0 Å². The van der Waals surface area contributed by atoms with Crippen molar-refractivity contribution < 1.29 is 4.92 Å². The molecule has 0 bridgehead atoms. The van der Waals surface area contributed by atoms with E-state index in [0.717, 1.165) is 23.4 Å². The van der Waals surface area contributed by atoms with Crippen molar-refractivity contribution >= 4 is 28.3 Å². The molecule has 6 nitrogen and oxygen atoms in total. The molecular weight excluding hydrogens is 316 g/mol. The second-order valence-corrected chi connectivity index (χ2v) is 5.88. The number of nitro groups is 1. The number of rotatable bonds is 5. The van der Waals surface area contributed by atoms with Crippen LogP contribution in [0, 0.1) is 10.1 Å². The molecule has 0 saturated heterocycles. The lowest BCUT2D eigenvalue weighted by Gasteiger charge is -2.15. The molecule has 23 heavy (non-hydrogen) atoms. The highest BCUT2D eigenvalue weighted by molar-refractivity contribution is 6.30. The molecule has 1 N–H and O–H groups in total. The molecule has 3 aromatic rings. The Kier molecular flexibility index (Phi) is 4.27. The lowest BCUT2D eigenvalue weighted by Crippen LogP contribution is -2.18. The third kappa shape index (κ3) is 3.67. The number of H-pyrrole nitrogens is 1. The van der Waals surface area contributed by atoms with Crippen LogP contribution in [0.1, 0.15) is 11.4 Å². The molecule has 118 valence electrons. The van der Waals surface area contributed by atoms with Crippen molar-refractivity contribution in [1.82, 2.24) is 14.9 Å². The van der Waals surface area contributed by atoms with E-state index in [1.807, 2.05) is 31.3 Å². The lowest BCUT2D eigenvalue weighted by molar-refractivity contribution is -0.384. The number of aromatic nitrogens is 2. The number of nitrogens with one attached hydrogen (secondary N) is 1. The smallest absolute Gasteiger partial charge is 0.271 e. The van der Waals surface area contributed by atoms with Gasteiger partial charge in [-0.1, -0.05) is 23.7 Å². The Morgan fingerprint density at radius 2 is 2.09 bits per heavy atom. The summed E-state index contributed by atoms with van der Waals surface area (Å²) in [7, 11) is 1.98. The fourth-order valence-electron chi connectivity index (χ4n) is 2.50. The van der Waals surface area contributed by atoms with E-state index in [-0.39, 0.29) is 5.69 Å². The standard InChI is InChI=1S/C16H15ClN4O2/c1-20(9-11-3-2-4-12(17)7-11)10-16-18-14-6-5-13(21(22)23)8-15(14)19-16/h2-8H,9-10H2,1H3,(H,18,19). The molecule has 0 aliphatic heterocycles. The van der Waals surface area contributed by atoms with Gasteiger partial charge in [0.1, 0.15) is 5.82 Å². The number of non-ortho nitro benzene ring substituents is 1. The molecule has 2 aromatic carbocycles. The zero-order chi connectivity index (χ0) is 16.4. The molecular formula is C16H15ClN4O2. The van der Waals surface area contributed by atoms with Crippen molar-refractivity contribution in [2.45, 2.75) is 13.1 Å². The van der Waals surface area contributed by atoms with Gasteiger partial charge in [-0.25, -0.2) is 4.98 Å². The Balaban J connectivity index is 1.74. The summed E-state index contributed by atoms with van der Waals surface area (Å²) in [6, 6.07) is 12.3. The van der Waals surface area contributed by atoms with Gasteiger partial charge in [0.25, 0.3) is 5.69 Å². The molecule has 1 aromatic heterocycles. The van der Waals surface area contributed by atoms with Crippen molar-refractivity contribution in [1.29, 1.82) is 0 Å². The maximum atomic E-state index is 10.8. The molecule has 0 spiro atoms. The third-order valence-electron chi connectivity index (χ3n) is 3.49. The minimum atomic E-state index is -0.411. The van der Waals surface area contributed by atoms with Crippen LogP contribution in [0.3, 0.4) is 0 Å². The average molecular weight is 331 g/mol. The predicted octanol–water partition coefficient (Wildman–Crippen LogP) is 3.76. The van der Waals surface area contributed by atoms with E-state index in [1.54, 1.807) is 6.07 Å². The summed E-state index contributed by atoms with van der Waals surface area (Å²) in [6.07, 6.45) is 0. The van der Waals surface area contributed by atoms with Crippen LogP contribution in [0.15, 0.2) is 42.5 Å². The number of nitrogens with zero attached hydrogens (tertiary/aromatic N) is 3. The van der Waals surface area contributed by atoms with Gasteiger partial charge in [-0.15, -0.1) is 0 Å². The molecule has 0 unspecified atom stereocenters. The highest BCUT2D eigenvalue weighted by Gasteiger charge is 2.11. The van der Waals surface area contributed by atoms with Crippen LogP contribution >= 0.6 is 11.6 Å². The summed E-state index contributed by atoms with van der Waals surface area (Å²) in [5, 5.41) is 11.5. The van der Waals surface area contributed by atoms with Crippen molar-refractivity contribution in [3.8, 4) is 0 Å². The van der Waals surface area contributed by atoms with Crippen LogP contribution < -0.4 is 0 Å². The van der Waals surface area contributed by atoms with Gasteiger partial charge in [0.05, 0.1) is 22.5 Å². The first-order valence-corrected chi connectivity index (χ1v) is 7.45. The van der Waals surface area contributed by atoms with Gasteiger partial charge in [-0.2, -0.15) is 0 Å². The third-order valence-corrected chi connectivity index (χ3v) is 3.72. The highest BCUT2D eigenvalue weighted by atomic mass is 35.5. The minimum Gasteiger partial charge on any atom is -0.341 e. The molecule has 0 amide bonds. The van der Waals surface area contributed by atoms with E-state index in [1.165, 1.54) is 12.1 Å². The summed E-state index contributed by atoms with van der Waals surface area (Å²) < 4.78 is 0. The largest absolute Gasteiger partial charge is 0.341 e. The van der Waals surface area contributed by atoms with E-state index in [4.69, 9.17) is 11.6 Å². The number of benzene rings is 2. The molecule has 0 atom stereocenters. The Hall–Kier alpha value is -2.44. The Labute approximate surface area is 137 Å². The number of fused-ring (bicyclic) bond motifs is 1. The van der Waals surface area contributed by atoms with Gasteiger partial charge in [-0.05, 0) is 30.8 Å². The average Bonchev–Trinajstić information content (AvgIpc) is 2.87. The van der Waals surface area contributed by atoms with Crippen molar-refractivity contribution in [2.75, 3.05) is 7.05 Å². The number of halogens is 1. The molecule has 3 rings (SSSR count). The topological polar surface area (TPSA) is 75.1 Å². The monoisotopic (exact) mass is 330 g/mol. The SMILES string of the molecule is CN(Cc1cccc(Cl)c1)Cc1nc2ccc([N+](=O)[O-])cc2[nH]1. The van der Waals surface area contributed by atoms with E-state index >= 15 is 0 Å². The maximum absolute atomic E-state index is 10.8. The summed E-state index contributed by atoms with van der Waals surface area (Å²) in [5.74, 6) is 0.769. The summed E-state index contributed by atoms with van der Waals surface area (Å²) in [4.78, 5) is 20.1. The van der Waals surface area contributed by atoms with Gasteiger partial charge in [0.2, 0.25) is 0 Å². The Morgan fingerprint density at radius 1 is 1.26 bits per heavy atom. The molecule has 0 aliphatic rings. The minimum absolute atomic E-state index is 0.0555. The molecule has 1 heterocycles. The van der Waals surface area contributed by atoms with Crippen molar-refractivity contribution in [2.24, 2.45) is 0 Å². The fourth-order valence-corrected chi connectivity index (χ4v) is 2.71. The van der Waals surface area contributed by atoms with Crippen LogP contribution in [0.4, 0.5) is 5.69 Å². The molecule has 0 aliphatic carbocycles. The van der Waals surface area contributed by atoms with Crippen molar-refractivity contribution in [3.05, 3.63) is 69.0 Å². The summed E-state index contributed by atoms with van der Waals surface area (Å²) >= 11 is 5.99. The molecule has 0 radical (unpaired) electrons. The number of imidazole rings is 1. The Bertz CT molecular complexity index is 862. The van der Waals surface area contributed by atoms with Crippen LogP contribution in [0.25, 0.3) is 11.0 Å². The summed E-state index contributed by atoms with van der Waals surface area (Å²) in [6.45, 7) is 1.34. The van der Waals surface area contributed by atoms with Gasteiger partial charge in [-0.3, -0.25) is 15.0 Å². The normalized spacial score (nSPS) is 11.3. The summed E-state index contributed by atoms with van der Waals surface area (Å²) in [5.41, 5.74) is 2.57. The lowest BCUT2D eigenvalue weighted by atomic mass is 10.2. The first-order chi connectivity index (χ1) is 11.0. The molecule has 0 saturated carbocycles. The quantitative estimate of drug-likeness (QED) is 0.571. The Morgan fingerprint density at radius 3 is 2.83 bits per heavy atom. The predicted molar refractivity (Wildman–Crippen MR) is 89.4 cm³/mol. The van der Waals surface area contributed by atoms with E-state index in [0.29, 0.717) is 17.1 Å². The second kappa shape index (κ2) is 6.36.